The molecule has 0 fully saturated rings. The highest BCUT2D eigenvalue weighted by molar-refractivity contribution is 5.92. The van der Waals surface area contributed by atoms with E-state index >= 15 is 0 Å². The van der Waals surface area contributed by atoms with Crippen LogP contribution in [0.5, 0.6) is 11.5 Å². The predicted octanol–water partition coefficient (Wildman–Crippen LogP) is 3.98. The quantitative estimate of drug-likeness (QED) is 0.442. The number of nitrogens with zero attached hydrogens (tertiary/aromatic N) is 1. The lowest BCUT2D eigenvalue weighted by Gasteiger charge is -2.11. The standard InChI is InChI=1S/C21H19FN2O6/c1-28-19-11-14(16(24(26)27)12-20(19)29-2)9-10-23-21(25)18-8-7-17(30-18)13-3-5-15(22)6-4-13/h3-8,11-12H,9-10H2,1-2H3,(H,23,25). The summed E-state index contributed by atoms with van der Waals surface area (Å²) in [5.74, 6) is 0.283. The van der Waals surface area contributed by atoms with Gasteiger partial charge in [-0.2, -0.15) is 0 Å². The molecule has 0 atom stereocenters. The summed E-state index contributed by atoms with van der Waals surface area (Å²) in [6.07, 6.45) is 0.202. The second kappa shape index (κ2) is 9.08. The lowest BCUT2D eigenvalue weighted by atomic mass is 10.1. The summed E-state index contributed by atoms with van der Waals surface area (Å²) in [7, 11) is 2.83. The van der Waals surface area contributed by atoms with Gasteiger partial charge in [-0.25, -0.2) is 4.39 Å². The first-order chi connectivity index (χ1) is 14.4. The first-order valence-electron chi connectivity index (χ1n) is 8.96. The maximum Gasteiger partial charge on any atom is 0.287 e. The molecule has 1 N–H and O–H groups in total. The number of nitro benzene ring substituents is 1. The molecule has 8 nitrogen and oxygen atoms in total. The number of halogens is 1. The molecule has 1 heterocycles. The molecule has 0 aliphatic rings. The number of furan rings is 1. The smallest absolute Gasteiger partial charge is 0.287 e. The number of rotatable bonds is 8. The van der Waals surface area contributed by atoms with Crippen molar-refractivity contribution in [1.82, 2.24) is 5.32 Å². The Morgan fingerprint density at radius 3 is 2.40 bits per heavy atom. The Labute approximate surface area is 171 Å². The van der Waals surface area contributed by atoms with Gasteiger partial charge in [-0.1, -0.05) is 0 Å². The summed E-state index contributed by atoms with van der Waals surface area (Å²) < 4.78 is 28.8. The van der Waals surface area contributed by atoms with Crippen molar-refractivity contribution in [1.29, 1.82) is 0 Å². The lowest BCUT2D eigenvalue weighted by Crippen LogP contribution is -2.25. The highest BCUT2D eigenvalue weighted by atomic mass is 19.1. The van der Waals surface area contributed by atoms with Gasteiger partial charge in [-0.3, -0.25) is 14.9 Å². The van der Waals surface area contributed by atoms with E-state index in [9.17, 15) is 19.3 Å². The van der Waals surface area contributed by atoms with Crippen LogP contribution in [0.4, 0.5) is 10.1 Å². The number of nitrogens with one attached hydrogen (secondary N) is 1. The van der Waals surface area contributed by atoms with Gasteiger partial charge in [0.15, 0.2) is 17.3 Å². The van der Waals surface area contributed by atoms with E-state index in [4.69, 9.17) is 13.9 Å². The van der Waals surface area contributed by atoms with E-state index in [-0.39, 0.29) is 36.0 Å². The van der Waals surface area contributed by atoms with E-state index in [1.165, 1.54) is 44.6 Å². The van der Waals surface area contributed by atoms with Crippen LogP contribution in [0.1, 0.15) is 16.1 Å². The predicted molar refractivity (Wildman–Crippen MR) is 106 cm³/mol. The Hall–Kier alpha value is -3.88. The fourth-order valence-corrected chi connectivity index (χ4v) is 2.91. The molecule has 156 valence electrons. The van der Waals surface area contributed by atoms with Gasteiger partial charge >= 0.3 is 0 Å². The Morgan fingerprint density at radius 2 is 1.77 bits per heavy atom. The van der Waals surface area contributed by atoms with Crippen molar-refractivity contribution in [2.75, 3.05) is 20.8 Å². The molecule has 1 amide bonds. The summed E-state index contributed by atoms with van der Waals surface area (Å²) >= 11 is 0. The van der Waals surface area contributed by atoms with Gasteiger partial charge in [0.1, 0.15) is 11.6 Å². The van der Waals surface area contributed by atoms with E-state index in [1.54, 1.807) is 18.2 Å². The lowest BCUT2D eigenvalue weighted by molar-refractivity contribution is -0.385. The average Bonchev–Trinajstić information content (AvgIpc) is 3.24. The molecule has 3 rings (SSSR count). The summed E-state index contributed by atoms with van der Waals surface area (Å²) in [5.41, 5.74) is 0.902. The third-order valence-electron chi connectivity index (χ3n) is 4.42. The Morgan fingerprint density at radius 1 is 1.10 bits per heavy atom. The van der Waals surface area contributed by atoms with Crippen molar-refractivity contribution >= 4 is 11.6 Å². The van der Waals surface area contributed by atoms with Gasteiger partial charge in [0.25, 0.3) is 11.6 Å². The van der Waals surface area contributed by atoms with Crippen LogP contribution in [0.3, 0.4) is 0 Å². The molecule has 0 saturated carbocycles. The first-order valence-corrected chi connectivity index (χ1v) is 8.96. The van der Waals surface area contributed by atoms with Gasteiger partial charge in [-0.05, 0) is 48.9 Å². The Balaban J connectivity index is 1.67. The van der Waals surface area contributed by atoms with Crippen molar-refractivity contribution in [2.45, 2.75) is 6.42 Å². The molecule has 0 unspecified atom stereocenters. The molecule has 0 spiro atoms. The third kappa shape index (κ3) is 4.57. The van der Waals surface area contributed by atoms with Crippen LogP contribution in [0.25, 0.3) is 11.3 Å². The zero-order valence-corrected chi connectivity index (χ0v) is 16.3. The molecule has 30 heavy (non-hydrogen) atoms. The van der Waals surface area contributed by atoms with Gasteiger partial charge < -0.3 is 19.2 Å². The third-order valence-corrected chi connectivity index (χ3v) is 4.42. The molecule has 0 aliphatic carbocycles. The largest absolute Gasteiger partial charge is 0.493 e. The number of carbonyl (C=O) groups is 1. The van der Waals surface area contributed by atoms with E-state index < -0.39 is 10.8 Å². The summed E-state index contributed by atoms with van der Waals surface area (Å²) in [5, 5.41) is 14.0. The fraction of sp³-hybridized carbons (Fsp3) is 0.190. The molecule has 2 aromatic carbocycles. The average molecular weight is 414 g/mol. The van der Waals surface area contributed by atoms with Crippen molar-refractivity contribution in [3.8, 4) is 22.8 Å². The number of ether oxygens (including phenoxy) is 2. The van der Waals surface area contributed by atoms with Crippen LogP contribution in [-0.4, -0.2) is 31.6 Å². The molecule has 9 heteroatoms. The molecule has 0 bridgehead atoms. The highest BCUT2D eigenvalue weighted by Gasteiger charge is 2.20. The zero-order chi connectivity index (χ0) is 21.7. The maximum atomic E-state index is 13.0. The van der Waals surface area contributed by atoms with Crippen molar-refractivity contribution < 1.29 is 28.0 Å². The molecule has 1 aromatic heterocycles. The highest BCUT2D eigenvalue weighted by Crippen LogP contribution is 2.34. The van der Waals surface area contributed by atoms with E-state index in [1.807, 2.05) is 0 Å². The molecule has 0 radical (unpaired) electrons. The molecular weight excluding hydrogens is 395 g/mol. The monoisotopic (exact) mass is 414 g/mol. The van der Waals surface area contributed by atoms with Crippen molar-refractivity contribution in [2.24, 2.45) is 0 Å². The molecule has 0 aliphatic heterocycles. The summed E-state index contributed by atoms with van der Waals surface area (Å²) in [4.78, 5) is 23.2. The molecular formula is C21H19FN2O6. The maximum absolute atomic E-state index is 13.0. The Bertz CT molecular complexity index is 1060. The number of amides is 1. The van der Waals surface area contributed by atoms with Crippen LogP contribution in [0, 0.1) is 15.9 Å². The fourth-order valence-electron chi connectivity index (χ4n) is 2.91. The van der Waals surface area contributed by atoms with Crippen LogP contribution in [-0.2, 0) is 6.42 Å². The normalized spacial score (nSPS) is 10.5. The van der Waals surface area contributed by atoms with Crippen LogP contribution >= 0.6 is 0 Å². The van der Waals surface area contributed by atoms with Crippen LogP contribution in [0.2, 0.25) is 0 Å². The number of carbonyl (C=O) groups excluding carboxylic acids is 1. The number of benzene rings is 2. The molecule has 0 saturated heterocycles. The van der Waals surface area contributed by atoms with Crippen molar-refractivity contribution in [3.05, 3.63) is 75.8 Å². The van der Waals surface area contributed by atoms with Gasteiger partial charge in [-0.15, -0.1) is 0 Å². The van der Waals surface area contributed by atoms with E-state index in [0.717, 1.165) is 0 Å². The van der Waals surface area contributed by atoms with E-state index in [2.05, 4.69) is 5.32 Å². The minimum absolute atomic E-state index is 0.0798. The van der Waals surface area contributed by atoms with Gasteiger partial charge in [0.05, 0.1) is 25.2 Å². The molecule has 3 aromatic rings. The van der Waals surface area contributed by atoms with Gasteiger partial charge in [0.2, 0.25) is 0 Å². The SMILES string of the molecule is COc1cc(CCNC(=O)c2ccc(-c3ccc(F)cc3)o2)c([N+](=O)[O-])cc1OC. The summed E-state index contributed by atoms with van der Waals surface area (Å²) in [6.45, 7) is 0.141. The summed E-state index contributed by atoms with van der Waals surface area (Å²) in [6, 6.07) is 11.6. The number of hydrogen-bond acceptors (Lipinski definition) is 6. The number of nitro groups is 1. The zero-order valence-electron chi connectivity index (χ0n) is 16.3. The van der Waals surface area contributed by atoms with Crippen LogP contribution < -0.4 is 14.8 Å². The number of methoxy groups -OCH3 is 2. The minimum atomic E-state index is -0.513. The minimum Gasteiger partial charge on any atom is -0.493 e. The topological polar surface area (TPSA) is 104 Å². The Kier molecular flexibility index (Phi) is 6.31. The van der Waals surface area contributed by atoms with Crippen molar-refractivity contribution in [3.63, 3.8) is 0 Å². The van der Waals surface area contributed by atoms with Crippen LogP contribution in [0.15, 0.2) is 52.9 Å². The van der Waals surface area contributed by atoms with Gasteiger partial charge in [0, 0.05) is 17.7 Å². The second-order valence-corrected chi connectivity index (χ2v) is 6.27. The first kappa shape index (κ1) is 20.8. The number of hydrogen-bond donors (Lipinski definition) is 1. The second-order valence-electron chi connectivity index (χ2n) is 6.27. The van der Waals surface area contributed by atoms with E-state index in [0.29, 0.717) is 22.6 Å².